The predicted molar refractivity (Wildman–Crippen MR) is 165 cm³/mol. The summed E-state index contributed by atoms with van der Waals surface area (Å²) in [6.45, 7) is 4.17. The Kier molecular flexibility index (Phi) is 5.72. The number of rotatable bonds is 1. The Hall–Kier alpha value is -5.24. The van der Waals surface area contributed by atoms with E-state index in [1.165, 1.54) is 0 Å². The molecular weight excluding hydrogens is 584 g/mol. The van der Waals surface area contributed by atoms with Crippen molar-refractivity contribution >= 4 is 44.1 Å². The fourth-order valence-corrected chi connectivity index (χ4v) is 5.97. The van der Waals surface area contributed by atoms with Gasteiger partial charge >= 0.3 is 0 Å². The first kappa shape index (κ1) is 25.5. The molecule has 2 aliphatic rings. The van der Waals surface area contributed by atoms with Crippen LogP contribution in [0.5, 0.6) is 0 Å². The molecule has 0 atom stereocenters. The van der Waals surface area contributed by atoms with Gasteiger partial charge in [0.1, 0.15) is 22.6 Å². The van der Waals surface area contributed by atoms with Gasteiger partial charge in [-0.25, -0.2) is 29.9 Å². The molecule has 4 aromatic carbocycles. The van der Waals surface area contributed by atoms with E-state index in [2.05, 4.69) is 29.0 Å². The van der Waals surface area contributed by atoms with Crippen molar-refractivity contribution in [2.75, 3.05) is 0 Å². The molecule has 43 heavy (non-hydrogen) atoms. The van der Waals surface area contributed by atoms with Crippen LogP contribution < -0.4 is 0 Å². The van der Waals surface area contributed by atoms with Crippen molar-refractivity contribution in [3.05, 3.63) is 103 Å². The Morgan fingerprint density at radius 3 is 1.33 bits per heavy atom. The summed E-state index contributed by atoms with van der Waals surface area (Å²) in [4.78, 5) is 37.1. The zero-order chi connectivity index (χ0) is 27.8. The van der Waals surface area contributed by atoms with Crippen molar-refractivity contribution in [2.45, 2.75) is 6.42 Å². The van der Waals surface area contributed by atoms with Crippen molar-refractivity contribution in [1.29, 1.82) is 0 Å². The van der Waals surface area contributed by atoms with Gasteiger partial charge in [0.05, 0.1) is 0 Å². The van der Waals surface area contributed by atoms with E-state index in [1.807, 2.05) is 78.9 Å². The third-order valence-corrected chi connectivity index (χ3v) is 7.94. The monoisotopic (exact) mass is 604 g/mol. The maximum absolute atomic E-state index is 5.10. The molecule has 3 aromatic heterocycles. The standard InChI is InChI=1S/C34H21N8.Cu/c1-2-18-10-9-17-25-26(18)34-41-32-24-16-8-7-15-23(24)30(39-32)37-28-20-12-4-3-11-19(20)27(35-28)36-29-21-13-5-6-14-22(21)31(38-29)40-33(25)42-34;/h3-17H,1-2H2,(H2,35,36,37,38,39,40,41,42);. The van der Waals surface area contributed by atoms with Gasteiger partial charge in [-0.15, -0.1) is 0 Å². The fraction of sp³-hybridized carbons (Fsp3) is 0.0294. The molecule has 0 saturated carbocycles. The van der Waals surface area contributed by atoms with E-state index in [0.29, 0.717) is 52.3 Å². The summed E-state index contributed by atoms with van der Waals surface area (Å²) in [6, 6.07) is 30.3. The number of hydrogen-bond donors (Lipinski definition) is 2. The number of aromatic nitrogens is 8. The Morgan fingerprint density at radius 2 is 0.837 bits per heavy atom. The van der Waals surface area contributed by atoms with Gasteiger partial charge in [-0.3, -0.25) is 0 Å². The molecule has 7 aromatic rings. The summed E-state index contributed by atoms with van der Waals surface area (Å²) >= 11 is 0. The molecule has 8 nitrogen and oxygen atoms in total. The molecule has 9 rings (SSSR count). The quantitative estimate of drug-likeness (QED) is 0.191. The van der Waals surface area contributed by atoms with Crippen LogP contribution in [-0.4, -0.2) is 39.9 Å². The van der Waals surface area contributed by atoms with Crippen LogP contribution in [0.2, 0.25) is 0 Å². The molecule has 0 unspecified atom stereocenters. The topological polar surface area (TPSA) is 109 Å². The Balaban J connectivity index is 0.00000278. The van der Waals surface area contributed by atoms with E-state index in [-0.39, 0.29) is 17.1 Å². The molecule has 8 bridgehead atoms. The number of benzene rings is 4. The molecule has 0 amide bonds. The number of fused-ring (bicyclic) bond motifs is 20. The van der Waals surface area contributed by atoms with Crippen molar-refractivity contribution in [3.63, 3.8) is 0 Å². The Labute approximate surface area is 255 Å². The molecular formula is C34H21CuN8. The average Bonchev–Trinajstić information content (AvgIpc) is 3.76. The first-order valence-corrected chi connectivity index (χ1v) is 13.8. The van der Waals surface area contributed by atoms with Crippen LogP contribution in [0, 0.1) is 6.92 Å². The normalized spacial score (nSPS) is 11.7. The smallest absolute Gasteiger partial charge is 0.164 e. The predicted octanol–water partition coefficient (Wildman–Crippen LogP) is 7.24. The zero-order valence-electron chi connectivity index (χ0n) is 22.6. The molecule has 0 spiro atoms. The summed E-state index contributed by atoms with van der Waals surface area (Å²) in [6.07, 6.45) is 0.607. The number of nitrogens with zero attached hydrogens (tertiary/aromatic N) is 6. The summed E-state index contributed by atoms with van der Waals surface area (Å²) < 4.78 is 0. The van der Waals surface area contributed by atoms with Gasteiger partial charge in [0.25, 0.3) is 0 Å². The van der Waals surface area contributed by atoms with Crippen LogP contribution in [0.3, 0.4) is 0 Å². The molecule has 5 heterocycles. The molecule has 0 aliphatic carbocycles. The third-order valence-electron chi connectivity index (χ3n) is 7.94. The minimum absolute atomic E-state index is 0. The maximum Gasteiger partial charge on any atom is 0.164 e. The Morgan fingerprint density at radius 1 is 0.442 bits per heavy atom. The number of nitrogens with one attached hydrogen (secondary N) is 2. The SMILES string of the molecule is [CH2]Cc1cccc2c3nc4nc(nc5[nH]c(nc6nc(nc([nH]3)c12)-c1ccccc1-6)c1ccccc51)-c1ccccc1-4.[Cu]. The number of hydrogen-bond acceptors (Lipinski definition) is 6. The second-order valence-corrected chi connectivity index (χ2v) is 10.3. The van der Waals surface area contributed by atoms with Crippen molar-refractivity contribution in [3.8, 4) is 45.6 Å². The van der Waals surface area contributed by atoms with Crippen LogP contribution in [0.15, 0.2) is 91.0 Å². The average molecular weight is 605 g/mol. The molecule has 0 saturated heterocycles. The first-order valence-electron chi connectivity index (χ1n) is 13.8. The molecule has 208 valence electrons. The maximum atomic E-state index is 5.10. The van der Waals surface area contributed by atoms with E-state index >= 15 is 0 Å². The van der Waals surface area contributed by atoms with Gasteiger partial charge in [0.15, 0.2) is 23.3 Å². The van der Waals surface area contributed by atoms with Crippen molar-refractivity contribution in [2.24, 2.45) is 0 Å². The zero-order valence-corrected chi connectivity index (χ0v) is 23.5. The van der Waals surface area contributed by atoms with Gasteiger partial charge < -0.3 is 9.97 Å². The second kappa shape index (κ2) is 9.66. The molecule has 0 fully saturated rings. The summed E-state index contributed by atoms with van der Waals surface area (Å²) in [7, 11) is 0. The van der Waals surface area contributed by atoms with Crippen LogP contribution in [-0.2, 0) is 23.5 Å². The van der Waals surface area contributed by atoms with Crippen molar-refractivity contribution in [1.82, 2.24) is 39.9 Å². The second-order valence-electron chi connectivity index (χ2n) is 10.3. The van der Waals surface area contributed by atoms with Crippen LogP contribution in [0.25, 0.3) is 89.7 Å². The van der Waals surface area contributed by atoms with Gasteiger partial charge in [-0.05, 0) is 18.9 Å². The third kappa shape index (κ3) is 3.82. The summed E-state index contributed by atoms with van der Waals surface area (Å²) in [5, 5.41) is 3.82. The minimum atomic E-state index is 0. The van der Waals surface area contributed by atoms with Gasteiger partial charge in [0.2, 0.25) is 0 Å². The molecule has 2 radical (unpaired) electrons. The number of aromatic amines is 2. The van der Waals surface area contributed by atoms with Gasteiger partial charge in [0, 0.05) is 60.9 Å². The van der Waals surface area contributed by atoms with Crippen molar-refractivity contribution < 1.29 is 17.1 Å². The fourth-order valence-electron chi connectivity index (χ4n) is 5.97. The number of H-pyrrole nitrogens is 2. The molecule has 2 N–H and O–H groups in total. The molecule has 9 heteroatoms. The van der Waals surface area contributed by atoms with E-state index in [1.54, 1.807) is 0 Å². The van der Waals surface area contributed by atoms with Crippen LogP contribution >= 0.6 is 0 Å². The summed E-state index contributed by atoms with van der Waals surface area (Å²) in [5.41, 5.74) is 7.47. The van der Waals surface area contributed by atoms with E-state index in [4.69, 9.17) is 29.9 Å². The van der Waals surface area contributed by atoms with Crippen LogP contribution in [0.4, 0.5) is 0 Å². The largest absolute Gasteiger partial charge is 0.324 e. The molecule has 2 aliphatic heterocycles. The van der Waals surface area contributed by atoms with E-state index in [0.717, 1.165) is 49.4 Å². The Bertz CT molecular complexity index is 2420. The van der Waals surface area contributed by atoms with Gasteiger partial charge in [-0.2, -0.15) is 0 Å². The summed E-state index contributed by atoms with van der Waals surface area (Å²) in [5.74, 6) is 2.36. The van der Waals surface area contributed by atoms with Gasteiger partial charge in [-0.1, -0.05) is 91.0 Å². The van der Waals surface area contributed by atoms with E-state index in [9.17, 15) is 0 Å². The van der Waals surface area contributed by atoms with E-state index < -0.39 is 0 Å². The first-order chi connectivity index (χ1) is 20.7. The minimum Gasteiger partial charge on any atom is -0.324 e. The van der Waals surface area contributed by atoms with Crippen LogP contribution in [0.1, 0.15) is 5.56 Å².